The van der Waals surface area contributed by atoms with Crippen molar-refractivity contribution in [3.8, 4) is 0 Å². The lowest BCUT2D eigenvalue weighted by Crippen LogP contribution is -2.35. The van der Waals surface area contributed by atoms with E-state index in [0.29, 0.717) is 18.8 Å². The third kappa shape index (κ3) is 6.16. The highest BCUT2D eigenvalue weighted by molar-refractivity contribution is 5.80. The molecule has 3 N–H and O–H groups in total. The first-order chi connectivity index (χ1) is 16.9. The fourth-order valence-corrected chi connectivity index (χ4v) is 4.18. The van der Waals surface area contributed by atoms with Gasteiger partial charge in [-0.25, -0.2) is 4.98 Å². The van der Waals surface area contributed by atoms with Gasteiger partial charge in [-0.15, -0.1) is 0 Å². The van der Waals surface area contributed by atoms with Gasteiger partial charge in [0.05, 0.1) is 0 Å². The van der Waals surface area contributed by atoms with Crippen molar-refractivity contribution in [2.75, 3.05) is 32.5 Å². The number of aryl methyl sites for hydroxylation is 1. The van der Waals surface area contributed by atoms with Gasteiger partial charge in [-0.05, 0) is 55.7 Å². The number of rotatable bonds is 10. The van der Waals surface area contributed by atoms with Crippen LogP contribution >= 0.6 is 0 Å². The third-order valence-corrected chi connectivity index (χ3v) is 6.04. The first-order valence-corrected chi connectivity index (χ1v) is 11.7. The van der Waals surface area contributed by atoms with Crippen LogP contribution in [0.4, 0.5) is 5.82 Å². The lowest BCUT2D eigenvalue weighted by Gasteiger charge is -2.22. The van der Waals surface area contributed by atoms with E-state index in [-0.39, 0.29) is 29.7 Å². The van der Waals surface area contributed by atoms with Crippen molar-refractivity contribution in [2.24, 2.45) is 0 Å². The summed E-state index contributed by atoms with van der Waals surface area (Å²) >= 11 is 0. The second-order valence-corrected chi connectivity index (χ2v) is 9.07. The fraction of sp³-hybridized carbons (Fsp3) is 0.296. The van der Waals surface area contributed by atoms with Crippen LogP contribution in [0.25, 0.3) is 10.9 Å². The van der Waals surface area contributed by atoms with Gasteiger partial charge in [0, 0.05) is 49.2 Å². The average molecular weight is 473 g/mol. The number of likely N-dealkylation sites (N-methyl/N-ethyl adjacent to an activating group) is 1. The van der Waals surface area contributed by atoms with Crippen LogP contribution in [0.2, 0.25) is 0 Å². The van der Waals surface area contributed by atoms with Gasteiger partial charge in [0.15, 0.2) is 5.82 Å². The van der Waals surface area contributed by atoms with Gasteiger partial charge in [0.25, 0.3) is 5.56 Å². The lowest BCUT2D eigenvalue weighted by atomic mass is 9.98. The van der Waals surface area contributed by atoms with Gasteiger partial charge < -0.3 is 20.5 Å². The molecule has 0 radical (unpaired) electrons. The summed E-state index contributed by atoms with van der Waals surface area (Å²) in [6.45, 7) is 3.50. The topological polar surface area (TPSA) is 95.1 Å². The molecule has 0 aliphatic rings. The molecule has 0 aliphatic heterocycles. The van der Waals surface area contributed by atoms with Crippen LogP contribution in [0.3, 0.4) is 0 Å². The molecule has 1 unspecified atom stereocenters. The molecule has 8 nitrogen and oxygen atoms in total. The van der Waals surface area contributed by atoms with Gasteiger partial charge in [-0.3, -0.25) is 14.2 Å². The largest absolute Gasteiger partial charge is 0.365 e. The molecule has 2 aromatic carbocycles. The summed E-state index contributed by atoms with van der Waals surface area (Å²) in [4.78, 5) is 35.4. The Morgan fingerprint density at radius 3 is 2.71 bits per heavy atom. The smallest absolute Gasteiger partial charge is 0.293 e. The molecule has 1 atom stereocenters. The molecule has 0 fully saturated rings. The first kappa shape index (κ1) is 24.2. The van der Waals surface area contributed by atoms with Crippen molar-refractivity contribution in [2.45, 2.75) is 25.9 Å². The normalized spacial score (nSPS) is 12.1. The first-order valence-electron chi connectivity index (χ1n) is 11.7. The Kier molecular flexibility index (Phi) is 7.62. The molecule has 2 aromatic heterocycles. The van der Waals surface area contributed by atoms with Crippen LogP contribution in [-0.2, 0) is 17.9 Å². The van der Waals surface area contributed by atoms with Gasteiger partial charge in [0.2, 0.25) is 5.91 Å². The Balaban J connectivity index is 1.41. The minimum atomic E-state index is -0.300. The number of aromatic amines is 1. The number of nitrogens with zero attached hydrogens (tertiary/aromatic N) is 3. The van der Waals surface area contributed by atoms with Crippen molar-refractivity contribution in [3.63, 3.8) is 0 Å². The summed E-state index contributed by atoms with van der Waals surface area (Å²) in [5, 5.41) is 7.23. The minimum absolute atomic E-state index is 0.0614. The Hall–Kier alpha value is -3.91. The molecule has 2 heterocycles. The number of nitrogens with one attached hydrogen (secondary N) is 3. The molecule has 182 valence electrons. The van der Waals surface area contributed by atoms with E-state index in [1.54, 1.807) is 13.1 Å². The van der Waals surface area contributed by atoms with Crippen molar-refractivity contribution in [1.82, 2.24) is 24.8 Å². The average Bonchev–Trinajstić information content (AvgIpc) is 3.32. The highest BCUT2D eigenvalue weighted by Gasteiger charge is 2.16. The third-order valence-electron chi connectivity index (χ3n) is 6.04. The zero-order valence-corrected chi connectivity index (χ0v) is 20.4. The number of fused-ring (bicyclic) bond motifs is 1. The van der Waals surface area contributed by atoms with E-state index in [9.17, 15) is 9.59 Å². The number of carbonyl (C=O) groups excluding carboxylic acids is 1. The summed E-state index contributed by atoms with van der Waals surface area (Å²) in [7, 11) is 4.06. The molecule has 4 rings (SSSR count). The summed E-state index contributed by atoms with van der Waals surface area (Å²) in [5.74, 6) is 0.208. The highest BCUT2D eigenvalue weighted by atomic mass is 16.2. The van der Waals surface area contributed by atoms with E-state index in [0.717, 1.165) is 23.0 Å². The Morgan fingerprint density at radius 1 is 1.14 bits per heavy atom. The lowest BCUT2D eigenvalue weighted by molar-refractivity contribution is -0.121. The monoisotopic (exact) mass is 472 g/mol. The summed E-state index contributed by atoms with van der Waals surface area (Å²) in [6, 6.07) is 18.2. The molecule has 4 aromatic rings. The quantitative estimate of drug-likeness (QED) is 0.330. The zero-order chi connectivity index (χ0) is 24.8. The van der Waals surface area contributed by atoms with Crippen LogP contribution in [0, 0.1) is 6.92 Å². The summed E-state index contributed by atoms with van der Waals surface area (Å²) in [6.07, 6.45) is 3.51. The molecule has 35 heavy (non-hydrogen) atoms. The van der Waals surface area contributed by atoms with Crippen LogP contribution in [0.15, 0.2) is 71.8 Å². The Bertz CT molecular complexity index is 1340. The number of benzene rings is 2. The molecule has 0 bridgehead atoms. The van der Waals surface area contributed by atoms with Crippen molar-refractivity contribution in [3.05, 3.63) is 94.2 Å². The maximum absolute atomic E-state index is 13.1. The van der Waals surface area contributed by atoms with Crippen molar-refractivity contribution < 1.29 is 4.79 Å². The maximum atomic E-state index is 13.1. The SMILES string of the molecule is Cc1cnc(NCC(CN(C)C)c2ccccc2)c(=O)n1CC(=O)NCc1ccc2[nH]ccc2c1. The number of hydrogen-bond acceptors (Lipinski definition) is 5. The number of aromatic nitrogens is 3. The van der Waals surface area contributed by atoms with E-state index >= 15 is 0 Å². The summed E-state index contributed by atoms with van der Waals surface area (Å²) in [5.41, 5.74) is 3.58. The van der Waals surface area contributed by atoms with Crippen LogP contribution in [0.1, 0.15) is 22.7 Å². The second kappa shape index (κ2) is 11.0. The molecule has 8 heteroatoms. The fourth-order valence-electron chi connectivity index (χ4n) is 4.18. The van der Waals surface area contributed by atoms with Gasteiger partial charge in [-0.1, -0.05) is 36.4 Å². The van der Waals surface area contributed by atoms with E-state index in [4.69, 9.17) is 0 Å². The minimum Gasteiger partial charge on any atom is -0.365 e. The molecule has 0 saturated heterocycles. The number of amides is 1. The molecule has 0 spiro atoms. The van der Waals surface area contributed by atoms with Gasteiger partial charge >= 0.3 is 0 Å². The van der Waals surface area contributed by atoms with Gasteiger partial charge in [-0.2, -0.15) is 0 Å². The van der Waals surface area contributed by atoms with Crippen LogP contribution < -0.4 is 16.2 Å². The Morgan fingerprint density at radius 2 is 1.94 bits per heavy atom. The standard InChI is InChI=1S/C27H32N6O2/c1-19-14-30-26(31-16-23(17-32(2)3)21-7-5-4-6-8-21)27(35)33(19)18-25(34)29-15-20-9-10-24-22(13-20)11-12-28-24/h4-14,23,28H,15-18H2,1-3H3,(H,29,34)(H,30,31). The number of anilines is 1. The van der Waals surface area contributed by atoms with E-state index < -0.39 is 0 Å². The second-order valence-electron chi connectivity index (χ2n) is 9.07. The molecule has 0 aliphatic carbocycles. The Labute approximate surface area is 205 Å². The van der Waals surface area contributed by atoms with Crippen molar-refractivity contribution >= 4 is 22.6 Å². The molecule has 1 amide bonds. The zero-order valence-electron chi connectivity index (χ0n) is 20.4. The number of hydrogen-bond donors (Lipinski definition) is 3. The van der Waals surface area contributed by atoms with E-state index in [1.807, 2.05) is 62.8 Å². The van der Waals surface area contributed by atoms with Crippen molar-refractivity contribution in [1.29, 1.82) is 0 Å². The number of carbonyl (C=O) groups is 1. The highest BCUT2D eigenvalue weighted by Crippen LogP contribution is 2.17. The maximum Gasteiger partial charge on any atom is 0.293 e. The van der Waals surface area contributed by atoms with Crippen LogP contribution in [-0.4, -0.2) is 52.5 Å². The molecular weight excluding hydrogens is 440 g/mol. The van der Waals surface area contributed by atoms with Crippen LogP contribution in [0.5, 0.6) is 0 Å². The van der Waals surface area contributed by atoms with E-state index in [1.165, 1.54) is 10.1 Å². The van der Waals surface area contributed by atoms with E-state index in [2.05, 4.69) is 37.6 Å². The molecular formula is C27H32N6O2. The summed E-state index contributed by atoms with van der Waals surface area (Å²) < 4.78 is 1.46. The predicted molar refractivity (Wildman–Crippen MR) is 140 cm³/mol. The molecule has 0 saturated carbocycles. The van der Waals surface area contributed by atoms with Gasteiger partial charge in [0.1, 0.15) is 6.54 Å². The number of H-pyrrole nitrogens is 1. The predicted octanol–water partition coefficient (Wildman–Crippen LogP) is 3.11.